The molecule has 0 aromatic heterocycles. The zero-order chi connectivity index (χ0) is 19.2. The van der Waals surface area contributed by atoms with E-state index in [9.17, 15) is 0 Å². The van der Waals surface area contributed by atoms with E-state index in [0.717, 1.165) is 43.2 Å². The molecule has 146 valence electrons. The summed E-state index contributed by atoms with van der Waals surface area (Å²) in [4.78, 5) is 4.67. The summed E-state index contributed by atoms with van der Waals surface area (Å²) in [6, 6.07) is 18.6. The molecule has 2 rings (SSSR count). The maximum atomic E-state index is 5.58. The summed E-state index contributed by atoms with van der Waals surface area (Å²) in [7, 11) is 1.67. The van der Waals surface area contributed by atoms with Crippen LogP contribution in [0.1, 0.15) is 24.5 Å². The molecule has 0 radical (unpaired) electrons. The second-order valence-corrected chi connectivity index (χ2v) is 6.20. The molecule has 0 bridgehead atoms. The Morgan fingerprint density at radius 1 is 0.926 bits per heavy atom. The van der Waals surface area contributed by atoms with Crippen LogP contribution >= 0.6 is 0 Å². The third-order valence-electron chi connectivity index (χ3n) is 4.02. The van der Waals surface area contributed by atoms with Gasteiger partial charge in [0.2, 0.25) is 0 Å². The van der Waals surface area contributed by atoms with Crippen molar-refractivity contribution >= 4 is 5.96 Å². The molecule has 0 aliphatic rings. The van der Waals surface area contributed by atoms with Gasteiger partial charge in [0, 0.05) is 20.2 Å². The van der Waals surface area contributed by atoms with Crippen molar-refractivity contribution in [3.05, 3.63) is 65.7 Å². The molecule has 0 amide bonds. The number of hydrogen-bond donors (Lipinski definition) is 2. The van der Waals surface area contributed by atoms with Gasteiger partial charge in [0.1, 0.15) is 12.4 Å². The van der Waals surface area contributed by atoms with E-state index in [1.807, 2.05) is 24.3 Å². The number of rotatable bonds is 11. The number of aliphatic imine (C=N–C) groups is 1. The number of hydrogen-bond acceptors (Lipinski definition) is 3. The molecule has 5 nitrogen and oxygen atoms in total. The first-order valence-corrected chi connectivity index (χ1v) is 9.58. The van der Waals surface area contributed by atoms with E-state index < -0.39 is 0 Å². The Morgan fingerprint density at radius 2 is 1.70 bits per heavy atom. The van der Waals surface area contributed by atoms with Gasteiger partial charge in [-0.25, -0.2) is 4.99 Å². The van der Waals surface area contributed by atoms with Gasteiger partial charge in [-0.05, 0) is 43.0 Å². The van der Waals surface area contributed by atoms with Gasteiger partial charge < -0.3 is 20.1 Å². The predicted molar refractivity (Wildman–Crippen MR) is 111 cm³/mol. The second kappa shape index (κ2) is 12.8. The van der Waals surface area contributed by atoms with Crippen LogP contribution in [-0.2, 0) is 17.7 Å². The molecule has 2 N–H and O–H groups in total. The van der Waals surface area contributed by atoms with Gasteiger partial charge in [-0.1, -0.05) is 42.5 Å². The second-order valence-electron chi connectivity index (χ2n) is 6.20. The minimum atomic E-state index is 0.561. The van der Waals surface area contributed by atoms with Gasteiger partial charge in [-0.3, -0.25) is 0 Å². The average Bonchev–Trinajstić information content (AvgIpc) is 2.71. The van der Waals surface area contributed by atoms with Crippen molar-refractivity contribution in [3.8, 4) is 5.75 Å². The SMILES string of the molecule is CCNC(=NCc1ccc(OCCOC)cc1)NCCCc1ccccc1. The number of nitrogens with zero attached hydrogens (tertiary/aromatic N) is 1. The van der Waals surface area contributed by atoms with Crippen molar-refractivity contribution < 1.29 is 9.47 Å². The maximum absolute atomic E-state index is 5.58. The standard InChI is InChI=1S/C22H31N3O2/c1-3-23-22(24-15-7-10-19-8-5-4-6-9-19)25-18-20-11-13-21(14-12-20)27-17-16-26-2/h4-6,8-9,11-14H,3,7,10,15-18H2,1-2H3,(H2,23,24,25). The Kier molecular flexibility index (Phi) is 9.82. The highest BCUT2D eigenvalue weighted by Gasteiger charge is 1.99. The highest BCUT2D eigenvalue weighted by atomic mass is 16.5. The van der Waals surface area contributed by atoms with Crippen LogP contribution in [-0.4, -0.2) is 39.4 Å². The smallest absolute Gasteiger partial charge is 0.191 e. The number of guanidine groups is 1. The lowest BCUT2D eigenvalue weighted by molar-refractivity contribution is 0.146. The Balaban J connectivity index is 1.76. The Morgan fingerprint density at radius 3 is 2.41 bits per heavy atom. The fraction of sp³-hybridized carbons (Fsp3) is 0.409. The maximum Gasteiger partial charge on any atom is 0.191 e. The largest absolute Gasteiger partial charge is 0.491 e. The molecule has 0 aliphatic heterocycles. The van der Waals surface area contributed by atoms with Crippen LogP contribution in [0.5, 0.6) is 5.75 Å². The van der Waals surface area contributed by atoms with Crippen LogP contribution in [0.4, 0.5) is 0 Å². The van der Waals surface area contributed by atoms with Crippen molar-refractivity contribution in [2.75, 3.05) is 33.4 Å². The summed E-state index contributed by atoms with van der Waals surface area (Å²) < 4.78 is 10.6. The van der Waals surface area contributed by atoms with E-state index in [1.54, 1.807) is 7.11 Å². The third-order valence-corrected chi connectivity index (χ3v) is 4.02. The molecule has 0 unspecified atom stereocenters. The average molecular weight is 370 g/mol. The molecule has 0 saturated carbocycles. The molecular formula is C22H31N3O2. The van der Waals surface area contributed by atoms with Gasteiger partial charge in [0.15, 0.2) is 5.96 Å². The van der Waals surface area contributed by atoms with Crippen LogP contribution in [0.25, 0.3) is 0 Å². The number of ether oxygens (including phenoxy) is 2. The van der Waals surface area contributed by atoms with Crippen molar-refractivity contribution in [1.29, 1.82) is 0 Å². The van der Waals surface area contributed by atoms with Crippen LogP contribution < -0.4 is 15.4 Å². The molecule has 5 heteroatoms. The quantitative estimate of drug-likeness (QED) is 0.362. The first-order chi connectivity index (χ1) is 13.3. The fourth-order valence-corrected chi connectivity index (χ4v) is 2.59. The van der Waals surface area contributed by atoms with Crippen LogP contribution in [0.3, 0.4) is 0 Å². The van der Waals surface area contributed by atoms with Gasteiger partial charge in [0.05, 0.1) is 13.2 Å². The van der Waals surface area contributed by atoms with Crippen molar-refractivity contribution in [2.45, 2.75) is 26.3 Å². The summed E-state index contributed by atoms with van der Waals surface area (Å²) in [5, 5.41) is 6.70. The predicted octanol–water partition coefficient (Wildman–Crippen LogP) is 3.40. The minimum Gasteiger partial charge on any atom is -0.491 e. The third kappa shape index (κ3) is 8.60. The summed E-state index contributed by atoms with van der Waals surface area (Å²) in [6.45, 7) is 5.60. The first-order valence-electron chi connectivity index (χ1n) is 9.58. The monoisotopic (exact) mass is 369 g/mol. The van der Waals surface area contributed by atoms with Gasteiger partial charge in [-0.15, -0.1) is 0 Å². The van der Waals surface area contributed by atoms with Crippen molar-refractivity contribution in [3.63, 3.8) is 0 Å². The van der Waals surface area contributed by atoms with E-state index in [2.05, 4.69) is 52.9 Å². The first kappa shape index (κ1) is 20.8. The Bertz CT molecular complexity index is 657. The van der Waals surface area contributed by atoms with Gasteiger partial charge in [0.25, 0.3) is 0 Å². The molecule has 2 aromatic rings. The lowest BCUT2D eigenvalue weighted by atomic mass is 10.1. The number of methoxy groups -OCH3 is 1. The zero-order valence-corrected chi connectivity index (χ0v) is 16.4. The Labute approximate surface area is 162 Å². The highest BCUT2D eigenvalue weighted by molar-refractivity contribution is 5.79. The molecule has 0 atom stereocenters. The summed E-state index contributed by atoms with van der Waals surface area (Å²) in [5.74, 6) is 1.71. The molecular weight excluding hydrogens is 338 g/mol. The molecule has 0 fully saturated rings. The van der Waals surface area contributed by atoms with E-state index in [-0.39, 0.29) is 0 Å². The number of benzene rings is 2. The van der Waals surface area contributed by atoms with Crippen molar-refractivity contribution in [2.24, 2.45) is 4.99 Å². The topological polar surface area (TPSA) is 54.9 Å². The Hall–Kier alpha value is -2.53. The van der Waals surface area contributed by atoms with Crippen LogP contribution in [0, 0.1) is 0 Å². The summed E-state index contributed by atoms with van der Waals surface area (Å²) in [6.07, 6.45) is 2.14. The molecule has 0 aliphatic carbocycles. The molecule has 0 saturated heterocycles. The number of nitrogens with one attached hydrogen (secondary N) is 2. The van der Waals surface area contributed by atoms with Gasteiger partial charge in [-0.2, -0.15) is 0 Å². The highest BCUT2D eigenvalue weighted by Crippen LogP contribution is 2.12. The van der Waals surface area contributed by atoms with E-state index in [1.165, 1.54) is 5.56 Å². The molecule has 27 heavy (non-hydrogen) atoms. The molecule has 0 spiro atoms. The van der Waals surface area contributed by atoms with Gasteiger partial charge >= 0.3 is 0 Å². The van der Waals surface area contributed by atoms with Crippen LogP contribution in [0.15, 0.2) is 59.6 Å². The normalized spacial score (nSPS) is 11.3. The molecule has 0 heterocycles. The van der Waals surface area contributed by atoms with Crippen LogP contribution in [0.2, 0.25) is 0 Å². The summed E-state index contributed by atoms with van der Waals surface area (Å²) >= 11 is 0. The van der Waals surface area contributed by atoms with E-state index >= 15 is 0 Å². The van der Waals surface area contributed by atoms with Crippen molar-refractivity contribution in [1.82, 2.24) is 10.6 Å². The van der Waals surface area contributed by atoms with E-state index in [0.29, 0.717) is 19.8 Å². The fourth-order valence-electron chi connectivity index (χ4n) is 2.59. The zero-order valence-electron chi connectivity index (χ0n) is 16.4. The molecule has 2 aromatic carbocycles. The lowest BCUT2D eigenvalue weighted by Crippen LogP contribution is -2.37. The summed E-state index contributed by atoms with van der Waals surface area (Å²) in [5.41, 5.74) is 2.52. The minimum absolute atomic E-state index is 0.561. The lowest BCUT2D eigenvalue weighted by Gasteiger charge is -2.11. The van der Waals surface area contributed by atoms with E-state index in [4.69, 9.17) is 9.47 Å². The number of aryl methyl sites for hydroxylation is 1.